The molecule has 2 aliphatic rings. The number of benzene rings is 1. The standard InChI is InChI=1S/C16H16N4O3/c21-15(11-7-12(11)16(22)23)17-10-3-1-2-9(6-10)14-18-13(19-20-14)8-4-5-8/h1-3,6,8,11-12H,4-5,7H2,(H,17,21)(H,22,23)(H,18,19,20)/t11-,12-/m0/s1. The van der Waals surface area contributed by atoms with Crippen LogP contribution in [0.25, 0.3) is 11.4 Å². The molecule has 2 aliphatic carbocycles. The highest BCUT2D eigenvalue weighted by atomic mass is 16.4. The number of H-pyrrole nitrogens is 1. The second-order valence-electron chi connectivity index (χ2n) is 6.18. The van der Waals surface area contributed by atoms with Gasteiger partial charge < -0.3 is 10.4 Å². The number of carbonyl (C=O) groups is 2. The summed E-state index contributed by atoms with van der Waals surface area (Å²) in [5.74, 6) is -0.111. The molecule has 0 radical (unpaired) electrons. The van der Waals surface area contributed by atoms with Crippen LogP contribution in [-0.2, 0) is 9.59 Å². The largest absolute Gasteiger partial charge is 0.481 e. The third-order valence-electron chi connectivity index (χ3n) is 4.30. The van der Waals surface area contributed by atoms with E-state index >= 15 is 0 Å². The summed E-state index contributed by atoms with van der Waals surface area (Å²) in [4.78, 5) is 27.3. The van der Waals surface area contributed by atoms with Crippen molar-refractivity contribution in [2.75, 3.05) is 5.32 Å². The first-order valence-corrected chi connectivity index (χ1v) is 7.68. The highest BCUT2D eigenvalue weighted by molar-refractivity contribution is 5.98. The van der Waals surface area contributed by atoms with Crippen molar-refractivity contribution < 1.29 is 14.7 Å². The lowest BCUT2D eigenvalue weighted by Crippen LogP contribution is -2.16. The van der Waals surface area contributed by atoms with Crippen LogP contribution in [0.5, 0.6) is 0 Å². The van der Waals surface area contributed by atoms with Gasteiger partial charge in [-0.3, -0.25) is 14.7 Å². The van der Waals surface area contributed by atoms with Crippen molar-refractivity contribution in [3.63, 3.8) is 0 Å². The molecule has 2 saturated carbocycles. The van der Waals surface area contributed by atoms with Crippen molar-refractivity contribution in [2.45, 2.75) is 25.2 Å². The lowest BCUT2D eigenvalue weighted by Gasteiger charge is -2.05. The number of hydrogen-bond acceptors (Lipinski definition) is 4. The molecule has 23 heavy (non-hydrogen) atoms. The molecule has 2 fully saturated rings. The van der Waals surface area contributed by atoms with Crippen molar-refractivity contribution in [1.29, 1.82) is 0 Å². The molecule has 1 amide bonds. The molecule has 1 aromatic carbocycles. The SMILES string of the molecule is O=C(O)[C@H]1C[C@@H]1C(=O)Nc1cccc(-c2n[nH]c(C3CC3)n2)c1. The Hall–Kier alpha value is -2.70. The molecule has 0 bridgehead atoms. The van der Waals surface area contributed by atoms with Gasteiger partial charge in [0.25, 0.3) is 0 Å². The van der Waals surface area contributed by atoms with E-state index in [0.717, 1.165) is 24.2 Å². The summed E-state index contributed by atoms with van der Waals surface area (Å²) >= 11 is 0. The van der Waals surface area contributed by atoms with E-state index in [2.05, 4.69) is 20.5 Å². The van der Waals surface area contributed by atoms with E-state index in [0.29, 0.717) is 23.9 Å². The fourth-order valence-corrected chi connectivity index (χ4v) is 2.67. The Balaban J connectivity index is 1.47. The molecule has 4 rings (SSSR count). The Morgan fingerprint density at radius 3 is 2.78 bits per heavy atom. The normalized spacial score (nSPS) is 22.6. The van der Waals surface area contributed by atoms with Gasteiger partial charge in [-0.05, 0) is 31.4 Å². The van der Waals surface area contributed by atoms with Gasteiger partial charge in [-0.1, -0.05) is 12.1 Å². The summed E-state index contributed by atoms with van der Waals surface area (Å²) in [6, 6.07) is 7.27. The quantitative estimate of drug-likeness (QED) is 0.782. The lowest BCUT2D eigenvalue weighted by atomic mass is 10.2. The summed E-state index contributed by atoms with van der Waals surface area (Å²) in [5.41, 5.74) is 1.44. The number of aromatic amines is 1. The highest BCUT2D eigenvalue weighted by Crippen LogP contribution is 2.40. The molecule has 0 saturated heterocycles. The number of anilines is 1. The van der Waals surface area contributed by atoms with Crippen LogP contribution < -0.4 is 5.32 Å². The molecular weight excluding hydrogens is 296 g/mol. The first-order chi connectivity index (χ1) is 11.1. The Labute approximate surface area is 132 Å². The van der Waals surface area contributed by atoms with Gasteiger partial charge in [0.1, 0.15) is 5.82 Å². The van der Waals surface area contributed by atoms with Crippen molar-refractivity contribution in [2.24, 2.45) is 11.8 Å². The zero-order valence-electron chi connectivity index (χ0n) is 12.3. The molecule has 118 valence electrons. The van der Waals surface area contributed by atoms with Crippen molar-refractivity contribution in [3.8, 4) is 11.4 Å². The van der Waals surface area contributed by atoms with E-state index < -0.39 is 17.8 Å². The predicted octanol–water partition coefficient (Wildman–Crippen LogP) is 2.01. The summed E-state index contributed by atoms with van der Waals surface area (Å²) < 4.78 is 0. The third kappa shape index (κ3) is 2.81. The second kappa shape index (κ2) is 5.19. The molecule has 2 atom stereocenters. The zero-order valence-corrected chi connectivity index (χ0v) is 12.3. The van der Waals surface area contributed by atoms with Crippen molar-refractivity contribution in [3.05, 3.63) is 30.1 Å². The Morgan fingerprint density at radius 1 is 1.26 bits per heavy atom. The van der Waals surface area contributed by atoms with Gasteiger partial charge in [-0.15, -0.1) is 0 Å². The fraction of sp³-hybridized carbons (Fsp3) is 0.375. The van der Waals surface area contributed by atoms with E-state index in [1.165, 1.54) is 0 Å². The molecule has 7 heteroatoms. The summed E-state index contributed by atoms with van der Waals surface area (Å²) in [7, 11) is 0. The monoisotopic (exact) mass is 312 g/mol. The smallest absolute Gasteiger partial charge is 0.307 e. The van der Waals surface area contributed by atoms with Gasteiger partial charge >= 0.3 is 5.97 Å². The number of carbonyl (C=O) groups excluding carboxylic acids is 1. The van der Waals surface area contributed by atoms with Crippen molar-refractivity contribution >= 4 is 17.6 Å². The van der Waals surface area contributed by atoms with Crippen LogP contribution in [0.4, 0.5) is 5.69 Å². The van der Waals surface area contributed by atoms with Crippen LogP contribution in [0.1, 0.15) is 31.0 Å². The minimum atomic E-state index is -0.910. The zero-order chi connectivity index (χ0) is 16.0. The highest BCUT2D eigenvalue weighted by Gasteiger charge is 2.48. The van der Waals surface area contributed by atoms with Gasteiger partial charge in [0, 0.05) is 17.2 Å². The Morgan fingerprint density at radius 2 is 2.09 bits per heavy atom. The average Bonchev–Trinajstić information content (AvgIpc) is 3.45. The Kier molecular flexibility index (Phi) is 3.14. The number of rotatable bonds is 5. The number of nitrogens with one attached hydrogen (secondary N) is 2. The van der Waals surface area contributed by atoms with Gasteiger partial charge in [-0.2, -0.15) is 5.10 Å². The maximum atomic E-state index is 12.0. The minimum absolute atomic E-state index is 0.247. The molecular formula is C16H16N4O3. The fourth-order valence-electron chi connectivity index (χ4n) is 2.67. The second-order valence-corrected chi connectivity index (χ2v) is 6.18. The molecule has 0 spiro atoms. The molecule has 7 nitrogen and oxygen atoms in total. The number of aliphatic carboxylic acids is 1. The number of amides is 1. The summed E-state index contributed by atoms with van der Waals surface area (Å²) in [6.45, 7) is 0. The molecule has 1 aromatic heterocycles. The maximum Gasteiger partial charge on any atom is 0.307 e. The van der Waals surface area contributed by atoms with Crippen LogP contribution in [0.15, 0.2) is 24.3 Å². The van der Waals surface area contributed by atoms with Crippen LogP contribution in [0, 0.1) is 11.8 Å². The topological polar surface area (TPSA) is 108 Å². The van der Waals surface area contributed by atoms with Gasteiger partial charge in [0.05, 0.1) is 11.8 Å². The average molecular weight is 312 g/mol. The molecule has 3 N–H and O–H groups in total. The molecule has 0 aliphatic heterocycles. The number of hydrogen-bond donors (Lipinski definition) is 3. The third-order valence-corrected chi connectivity index (χ3v) is 4.30. The predicted molar refractivity (Wildman–Crippen MR) is 81.7 cm³/mol. The van der Waals surface area contributed by atoms with Crippen LogP contribution in [0.2, 0.25) is 0 Å². The number of carboxylic acid groups (broad SMARTS) is 1. The number of carboxylic acids is 1. The molecule has 0 unspecified atom stereocenters. The van der Waals surface area contributed by atoms with Crippen LogP contribution in [0.3, 0.4) is 0 Å². The van der Waals surface area contributed by atoms with Crippen molar-refractivity contribution in [1.82, 2.24) is 15.2 Å². The van der Waals surface area contributed by atoms with Crippen LogP contribution in [-0.4, -0.2) is 32.2 Å². The van der Waals surface area contributed by atoms with Gasteiger partial charge in [0.2, 0.25) is 5.91 Å². The van der Waals surface area contributed by atoms with Gasteiger partial charge in [-0.25, -0.2) is 4.98 Å². The molecule has 2 aromatic rings. The van der Waals surface area contributed by atoms with E-state index in [1.54, 1.807) is 12.1 Å². The van der Waals surface area contributed by atoms with E-state index in [-0.39, 0.29) is 5.91 Å². The number of aromatic nitrogens is 3. The lowest BCUT2D eigenvalue weighted by molar-refractivity contribution is -0.139. The number of nitrogens with zero attached hydrogens (tertiary/aromatic N) is 2. The van der Waals surface area contributed by atoms with E-state index in [4.69, 9.17) is 5.11 Å². The van der Waals surface area contributed by atoms with Crippen LogP contribution >= 0.6 is 0 Å². The Bertz CT molecular complexity index is 781. The summed E-state index contributed by atoms with van der Waals surface area (Å²) in [6.07, 6.45) is 2.71. The maximum absolute atomic E-state index is 12.0. The van der Waals surface area contributed by atoms with Gasteiger partial charge in [0.15, 0.2) is 5.82 Å². The summed E-state index contributed by atoms with van der Waals surface area (Å²) in [5, 5.41) is 18.8. The first-order valence-electron chi connectivity index (χ1n) is 7.68. The van der Waals surface area contributed by atoms with E-state index in [9.17, 15) is 9.59 Å². The first kappa shape index (κ1) is 13.9. The molecule has 1 heterocycles. The van der Waals surface area contributed by atoms with E-state index in [1.807, 2.05) is 12.1 Å². The minimum Gasteiger partial charge on any atom is -0.481 e.